The van der Waals surface area contributed by atoms with Gasteiger partial charge in [0.2, 0.25) is 0 Å². The molecule has 2 heterocycles. The minimum absolute atomic E-state index is 0.00556. The van der Waals surface area contributed by atoms with Gasteiger partial charge < -0.3 is 20.1 Å². The third-order valence-electron chi connectivity index (χ3n) is 3.46. The average molecular weight is 319 g/mol. The average Bonchev–Trinajstić information content (AvgIpc) is 2.67. The molecule has 0 spiro atoms. The van der Waals surface area contributed by atoms with Crippen LogP contribution in [0.3, 0.4) is 0 Å². The quantitative estimate of drug-likeness (QED) is 0.341. The minimum Gasteiger partial charge on any atom is -0.394 e. The van der Waals surface area contributed by atoms with Crippen molar-refractivity contribution in [2.75, 3.05) is 19.2 Å². The molecule has 1 aliphatic rings. The van der Waals surface area contributed by atoms with Crippen molar-refractivity contribution in [3.63, 3.8) is 0 Å². The maximum Gasteiger partial charge on any atom is 0.277 e. The second-order valence-corrected chi connectivity index (χ2v) is 5.19. The first kappa shape index (κ1) is 16.1. The van der Waals surface area contributed by atoms with Gasteiger partial charge in [0.1, 0.15) is 24.0 Å². The normalized spacial score (nSPS) is 32.3. The number of H-pyrrole nitrogens is 1. The van der Waals surface area contributed by atoms with Gasteiger partial charge in [-0.25, -0.2) is 0 Å². The number of aliphatic hydroxyl groups excluding tert-OH is 3. The number of rotatable bonds is 4. The number of hydrogen-bond acceptors (Lipinski definition) is 8. The van der Waals surface area contributed by atoms with Gasteiger partial charge in [0.15, 0.2) is 10.5 Å². The number of aromatic amines is 1. The van der Waals surface area contributed by atoms with E-state index in [9.17, 15) is 15.0 Å². The smallest absolute Gasteiger partial charge is 0.277 e. The molecule has 0 radical (unpaired) electrons. The van der Waals surface area contributed by atoms with E-state index in [0.29, 0.717) is 0 Å². The highest BCUT2D eigenvalue weighted by molar-refractivity contribution is 7.71. The van der Waals surface area contributed by atoms with E-state index in [-0.39, 0.29) is 10.5 Å². The van der Waals surface area contributed by atoms with E-state index in [0.717, 1.165) is 0 Å². The molecule has 4 atom stereocenters. The van der Waals surface area contributed by atoms with E-state index in [1.807, 2.05) is 0 Å². The lowest BCUT2D eigenvalue weighted by atomic mass is 10.0. The monoisotopic (exact) mass is 319 g/mol. The highest BCUT2D eigenvalue weighted by Gasteiger charge is 2.52. The molecular weight excluding hydrogens is 302 g/mol. The number of anilines is 1. The Kier molecular flexibility index (Phi) is 4.46. The Balaban J connectivity index is 2.53. The molecule has 1 aromatic rings. The number of nitrogens with one attached hydrogen (secondary N) is 2. The predicted molar refractivity (Wildman–Crippen MR) is 74.1 cm³/mol. The van der Waals surface area contributed by atoms with Crippen LogP contribution in [-0.2, 0) is 15.3 Å². The van der Waals surface area contributed by atoms with Crippen molar-refractivity contribution in [2.45, 2.75) is 31.0 Å². The van der Waals surface area contributed by atoms with Crippen molar-refractivity contribution in [3.8, 4) is 0 Å². The molecule has 2 rings (SSSR count). The summed E-state index contributed by atoms with van der Waals surface area (Å²) in [6.07, 6.45) is -2.28. The fraction of sp³-hybridized carbons (Fsp3) is 0.636. The lowest BCUT2D eigenvalue weighted by molar-refractivity contribution is -0.136. The topological polar surface area (TPSA) is 129 Å². The molecule has 0 amide bonds. The first-order valence-corrected chi connectivity index (χ1v) is 6.56. The summed E-state index contributed by atoms with van der Waals surface area (Å²) in [5.74, 6) is 0. The first-order valence-electron chi connectivity index (χ1n) is 6.15. The Morgan fingerprint density at radius 2 is 2.29 bits per heavy atom. The van der Waals surface area contributed by atoms with Crippen molar-refractivity contribution in [3.05, 3.63) is 21.3 Å². The Bertz CT molecular complexity index is 631. The van der Waals surface area contributed by atoms with Crippen LogP contribution < -0.4 is 11.0 Å². The Hall–Kier alpha value is -1.30. The van der Waals surface area contributed by atoms with Gasteiger partial charge in [-0.15, -0.1) is 0 Å². The van der Waals surface area contributed by atoms with E-state index >= 15 is 0 Å². The maximum absolute atomic E-state index is 11.7. The fourth-order valence-corrected chi connectivity index (χ4v) is 2.62. The molecule has 0 unspecified atom stereocenters. The van der Waals surface area contributed by atoms with Crippen molar-refractivity contribution >= 4 is 17.9 Å². The second-order valence-electron chi connectivity index (χ2n) is 4.81. The summed E-state index contributed by atoms with van der Waals surface area (Å²) >= 11 is 5.06. The fourth-order valence-electron chi connectivity index (χ4n) is 2.29. The minimum atomic E-state index is -1.45. The number of nitrogens with zero attached hydrogens (tertiary/aromatic N) is 1. The number of aliphatic hydroxyl groups is 3. The van der Waals surface area contributed by atoms with Crippen LogP contribution >= 0.6 is 12.2 Å². The van der Waals surface area contributed by atoms with Crippen LogP contribution in [-0.4, -0.2) is 56.9 Å². The summed E-state index contributed by atoms with van der Waals surface area (Å²) in [6, 6.07) is 0. The molecule has 118 valence electrons. The Labute approximate surface area is 124 Å². The number of ether oxygens (including phenoxy) is 1. The van der Waals surface area contributed by atoms with Crippen molar-refractivity contribution < 1.29 is 24.9 Å². The Morgan fingerprint density at radius 1 is 1.62 bits per heavy atom. The largest absolute Gasteiger partial charge is 0.394 e. The molecule has 1 aromatic heterocycles. The molecule has 1 fully saturated rings. The van der Waals surface area contributed by atoms with Crippen LogP contribution in [0, 0.1) is 4.77 Å². The third kappa shape index (κ3) is 2.61. The summed E-state index contributed by atoms with van der Waals surface area (Å²) in [4.78, 5) is 18.8. The van der Waals surface area contributed by atoms with Crippen LogP contribution in [0.2, 0.25) is 0 Å². The van der Waals surface area contributed by atoms with E-state index in [1.165, 1.54) is 24.8 Å². The van der Waals surface area contributed by atoms with Crippen LogP contribution in [0.5, 0.6) is 0 Å². The summed E-state index contributed by atoms with van der Waals surface area (Å²) in [6.45, 7) is 1.02. The summed E-state index contributed by atoms with van der Waals surface area (Å²) in [5, 5.41) is 29.2. The molecular formula is C11H17N3O6S. The van der Waals surface area contributed by atoms with Crippen molar-refractivity contribution in [1.82, 2.24) is 9.55 Å². The highest BCUT2D eigenvalue weighted by Crippen LogP contribution is 2.35. The molecule has 0 aromatic carbocycles. The predicted octanol–water partition coefficient (Wildman–Crippen LogP) is -1.34. The summed E-state index contributed by atoms with van der Waals surface area (Å²) in [7, 11) is 1.33. The van der Waals surface area contributed by atoms with Gasteiger partial charge >= 0.3 is 0 Å². The van der Waals surface area contributed by atoms with Gasteiger partial charge in [-0.1, -0.05) is 0 Å². The molecule has 10 heteroatoms. The van der Waals surface area contributed by atoms with Gasteiger partial charge in [0.25, 0.3) is 5.56 Å². The summed E-state index contributed by atoms with van der Waals surface area (Å²) < 4.78 is 6.80. The molecule has 9 nitrogen and oxygen atoms in total. The SMILES string of the molecule is CONc1cn([C@]2(C)O[C@H](CO)[C@@H](O)[C@H]2O)c(=S)[nH]c1=O. The standard InChI is InChI=1S/C11H17N3O6S/c1-11(8(17)7(16)6(4-15)20-11)14-3-5(13-19-2)9(18)12-10(14)21/h3,6-8,13,15-17H,4H2,1-2H3,(H,12,18,21)/t6-,7-,8-,11-/m1/s1. The lowest BCUT2D eigenvalue weighted by Gasteiger charge is -2.30. The van der Waals surface area contributed by atoms with Gasteiger partial charge in [0.05, 0.1) is 13.7 Å². The maximum atomic E-state index is 11.7. The van der Waals surface area contributed by atoms with E-state index in [1.54, 1.807) is 0 Å². The van der Waals surface area contributed by atoms with Crippen molar-refractivity contribution in [2.24, 2.45) is 0 Å². The van der Waals surface area contributed by atoms with Crippen molar-refractivity contribution in [1.29, 1.82) is 0 Å². The number of aromatic nitrogens is 2. The zero-order valence-corrected chi connectivity index (χ0v) is 12.3. The third-order valence-corrected chi connectivity index (χ3v) is 3.75. The zero-order valence-electron chi connectivity index (χ0n) is 11.4. The van der Waals surface area contributed by atoms with Gasteiger partial charge in [-0.2, -0.15) is 0 Å². The van der Waals surface area contributed by atoms with E-state index < -0.39 is 36.2 Å². The molecule has 21 heavy (non-hydrogen) atoms. The van der Waals surface area contributed by atoms with Gasteiger partial charge in [-0.3, -0.25) is 24.7 Å². The van der Waals surface area contributed by atoms with Crippen LogP contribution in [0.15, 0.2) is 11.0 Å². The molecule has 0 saturated carbocycles. The van der Waals surface area contributed by atoms with Gasteiger partial charge in [0, 0.05) is 6.20 Å². The molecule has 1 aliphatic heterocycles. The summed E-state index contributed by atoms with van der Waals surface area (Å²) in [5.41, 5.74) is 0.470. The molecule has 1 saturated heterocycles. The Morgan fingerprint density at radius 3 is 2.81 bits per heavy atom. The molecule has 0 aliphatic carbocycles. The van der Waals surface area contributed by atoms with Crippen LogP contribution in [0.4, 0.5) is 5.69 Å². The highest BCUT2D eigenvalue weighted by atomic mass is 32.1. The number of hydrogen-bond donors (Lipinski definition) is 5. The lowest BCUT2D eigenvalue weighted by Crippen LogP contribution is -2.44. The van der Waals surface area contributed by atoms with Crippen LogP contribution in [0.1, 0.15) is 6.92 Å². The molecule has 0 bridgehead atoms. The first-order chi connectivity index (χ1) is 9.85. The second kappa shape index (κ2) is 5.83. The van der Waals surface area contributed by atoms with E-state index in [2.05, 4.69) is 15.3 Å². The van der Waals surface area contributed by atoms with E-state index in [4.69, 9.17) is 22.1 Å². The molecule has 5 N–H and O–H groups in total. The van der Waals surface area contributed by atoms with Gasteiger partial charge in [-0.05, 0) is 19.1 Å². The zero-order chi connectivity index (χ0) is 15.8. The van der Waals surface area contributed by atoms with Crippen LogP contribution in [0.25, 0.3) is 0 Å².